The molecule has 22 heavy (non-hydrogen) atoms. The summed E-state index contributed by atoms with van der Waals surface area (Å²) in [6, 6.07) is 19.0. The van der Waals surface area contributed by atoms with Crippen molar-refractivity contribution < 1.29 is 0 Å². The third-order valence-electron chi connectivity index (χ3n) is 3.87. The van der Waals surface area contributed by atoms with E-state index in [2.05, 4.69) is 58.9 Å². The Hall–Kier alpha value is -2.59. The first-order valence-corrected chi connectivity index (χ1v) is 8.00. The van der Waals surface area contributed by atoms with Crippen molar-refractivity contribution in [2.24, 2.45) is 0 Å². The van der Waals surface area contributed by atoms with Crippen LogP contribution < -0.4 is 5.73 Å². The molecule has 4 aromatic rings. The molecule has 0 fully saturated rings. The van der Waals surface area contributed by atoms with Crippen LogP contribution in [-0.4, -0.2) is 9.38 Å². The van der Waals surface area contributed by atoms with Gasteiger partial charge in [0.2, 0.25) is 0 Å². The van der Waals surface area contributed by atoms with Crippen molar-refractivity contribution in [2.45, 2.75) is 6.92 Å². The molecule has 0 saturated heterocycles. The van der Waals surface area contributed by atoms with Gasteiger partial charge in [-0.1, -0.05) is 54.6 Å². The molecule has 0 aliphatic rings. The topological polar surface area (TPSA) is 43.3 Å². The van der Waals surface area contributed by atoms with E-state index in [9.17, 15) is 0 Å². The third-order valence-corrected chi connectivity index (χ3v) is 4.70. The van der Waals surface area contributed by atoms with Gasteiger partial charge < -0.3 is 5.73 Å². The molecule has 0 aliphatic heterocycles. The van der Waals surface area contributed by atoms with E-state index in [4.69, 9.17) is 5.73 Å². The zero-order chi connectivity index (χ0) is 15.1. The summed E-state index contributed by atoms with van der Waals surface area (Å²) in [5, 5.41) is 2.11. The molecule has 2 aromatic heterocycles. The fraction of sp³-hybridized carbons (Fsp3) is 0.0556. The van der Waals surface area contributed by atoms with E-state index in [1.165, 1.54) is 11.1 Å². The maximum atomic E-state index is 6.15. The highest BCUT2D eigenvalue weighted by atomic mass is 32.1. The summed E-state index contributed by atoms with van der Waals surface area (Å²) in [7, 11) is 0. The maximum absolute atomic E-state index is 6.15. The lowest BCUT2D eigenvalue weighted by Gasteiger charge is -2.05. The van der Waals surface area contributed by atoms with E-state index in [-0.39, 0.29) is 0 Å². The van der Waals surface area contributed by atoms with Gasteiger partial charge in [0.15, 0.2) is 4.96 Å². The molecule has 2 N–H and O–H groups in total. The van der Waals surface area contributed by atoms with Gasteiger partial charge in [-0.2, -0.15) is 0 Å². The molecule has 2 aromatic carbocycles. The molecule has 0 spiro atoms. The summed E-state index contributed by atoms with van der Waals surface area (Å²) in [6.45, 7) is 1.94. The van der Waals surface area contributed by atoms with E-state index in [1.54, 1.807) is 11.3 Å². The smallest absolute Gasteiger partial charge is 0.196 e. The largest absolute Gasteiger partial charge is 0.383 e. The lowest BCUT2D eigenvalue weighted by molar-refractivity contribution is 1.24. The number of benzene rings is 2. The molecule has 0 aliphatic carbocycles. The third kappa shape index (κ3) is 2.00. The molecule has 0 unspecified atom stereocenters. The van der Waals surface area contributed by atoms with Crippen LogP contribution in [0.25, 0.3) is 27.3 Å². The van der Waals surface area contributed by atoms with E-state index in [0.29, 0.717) is 0 Å². The molecule has 3 nitrogen and oxygen atoms in total. The Bertz CT molecular complexity index is 934. The van der Waals surface area contributed by atoms with E-state index in [1.807, 2.05) is 17.4 Å². The second kappa shape index (κ2) is 5.00. The van der Waals surface area contributed by atoms with Crippen molar-refractivity contribution in [2.75, 3.05) is 5.73 Å². The van der Waals surface area contributed by atoms with Crippen LogP contribution in [0.5, 0.6) is 0 Å². The number of nitrogen functional groups attached to an aromatic ring is 1. The average molecular weight is 305 g/mol. The minimum Gasteiger partial charge on any atom is -0.383 e. The molecule has 0 radical (unpaired) electrons. The van der Waals surface area contributed by atoms with Gasteiger partial charge in [-0.3, -0.25) is 4.40 Å². The predicted octanol–water partition coefficient (Wildman–Crippen LogP) is 4.62. The Morgan fingerprint density at radius 3 is 2.27 bits per heavy atom. The summed E-state index contributed by atoms with van der Waals surface area (Å²) in [5.41, 5.74) is 11.7. The van der Waals surface area contributed by atoms with Gasteiger partial charge in [0, 0.05) is 5.38 Å². The minimum atomic E-state index is 0.721. The second-order valence-electron chi connectivity index (χ2n) is 5.26. The van der Waals surface area contributed by atoms with Gasteiger partial charge >= 0.3 is 0 Å². The van der Waals surface area contributed by atoms with E-state index >= 15 is 0 Å². The first-order chi connectivity index (χ1) is 10.7. The standard InChI is InChI=1S/C18H15N3S/c1-12-17(19)21-16(11-22-18(21)20-12)15-9-7-14(8-10-15)13-5-3-2-4-6-13/h2-11H,19H2,1H3. The molecule has 2 heterocycles. The van der Waals surface area contributed by atoms with Gasteiger partial charge in [-0.15, -0.1) is 11.3 Å². The van der Waals surface area contributed by atoms with Crippen LogP contribution in [0.4, 0.5) is 5.82 Å². The summed E-state index contributed by atoms with van der Waals surface area (Å²) < 4.78 is 2.03. The molecule has 4 heteroatoms. The number of aryl methyl sites for hydroxylation is 1. The number of fused-ring (bicyclic) bond motifs is 1. The average Bonchev–Trinajstić information content (AvgIpc) is 3.09. The molecule has 0 saturated carbocycles. The van der Waals surface area contributed by atoms with Crippen LogP contribution in [0.3, 0.4) is 0 Å². The zero-order valence-electron chi connectivity index (χ0n) is 12.2. The van der Waals surface area contributed by atoms with E-state index in [0.717, 1.165) is 27.7 Å². The van der Waals surface area contributed by atoms with Crippen molar-refractivity contribution in [1.82, 2.24) is 9.38 Å². The van der Waals surface area contributed by atoms with Gasteiger partial charge in [-0.05, 0) is 23.6 Å². The first-order valence-electron chi connectivity index (χ1n) is 7.12. The molecule has 108 valence electrons. The Morgan fingerprint density at radius 1 is 0.909 bits per heavy atom. The van der Waals surface area contributed by atoms with Crippen molar-refractivity contribution in [1.29, 1.82) is 0 Å². The minimum absolute atomic E-state index is 0.721. The number of rotatable bonds is 2. The summed E-state index contributed by atoms with van der Waals surface area (Å²) in [4.78, 5) is 5.42. The van der Waals surface area contributed by atoms with Gasteiger partial charge in [0.1, 0.15) is 5.82 Å². The summed E-state index contributed by atoms with van der Waals surface area (Å²) in [5.74, 6) is 0.721. The molecule has 0 bridgehead atoms. The fourth-order valence-electron chi connectivity index (χ4n) is 2.65. The molecule has 0 atom stereocenters. The first kappa shape index (κ1) is 13.1. The molecule has 4 rings (SSSR count). The Labute approximate surface area is 132 Å². The summed E-state index contributed by atoms with van der Waals surface area (Å²) >= 11 is 1.62. The van der Waals surface area contributed by atoms with Crippen molar-refractivity contribution in [3.8, 4) is 22.4 Å². The number of nitrogens with zero attached hydrogens (tertiary/aromatic N) is 2. The van der Waals surface area contributed by atoms with Crippen LogP contribution >= 0.6 is 11.3 Å². The van der Waals surface area contributed by atoms with Crippen molar-refractivity contribution >= 4 is 22.1 Å². The summed E-state index contributed by atoms with van der Waals surface area (Å²) in [6.07, 6.45) is 0. The van der Waals surface area contributed by atoms with Crippen LogP contribution in [0.2, 0.25) is 0 Å². The van der Waals surface area contributed by atoms with Crippen LogP contribution in [0.1, 0.15) is 5.69 Å². The molecule has 0 amide bonds. The van der Waals surface area contributed by atoms with Crippen LogP contribution in [0, 0.1) is 6.92 Å². The fourth-order valence-corrected chi connectivity index (χ4v) is 3.60. The number of hydrogen-bond donors (Lipinski definition) is 1. The SMILES string of the molecule is Cc1nc2scc(-c3ccc(-c4ccccc4)cc3)n2c1N. The van der Waals surface area contributed by atoms with Crippen molar-refractivity contribution in [3.63, 3.8) is 0 Å². The number of nitrogens with two attached hydrogens (primary N) is 1. The number of hydrogen-bond acceptors (Lipinski definition) is 3. The predicted molar refractivity (Wildman–Crippen MR) is 93.1 cm³/mol. The van der Waals surface area contributed by atoms with Crippen LogP contribution in [0.15, 0.2) is 60.0 Å². The molecular formula is C18H15N3S. The normalized spacial score (nSPS) is 11.1. The Morgan fingerprint density at radius 2 is 1.55 bits per heavy atom. The number of imidazole rings is 1. The van der Waals surface area contributed by atoms with Gasteiger partial charge in [0.05, 0.1) is 11.4 Å². The number of aromatic nitrogens is 2. The maximum Gasteiger partial charge on any atom is 0.196 e. The monoisotopic (exact) mass is 305 g/mol. The van der Waals surface area contributed by atoms with Crippen LogP contribution in [-0.2, 0) is 0 Å². The lowest BCUT2D eigenvalue weighted by atomic mass is 10.0. The highest BCUT2D eigenvalue weighted by molar-refractivity contribution is 7.15. The second-order valence-corrected chi connectivity index (χ2v) is 6.10. The highest BCUT2D eigenvalue weighted by Crippen LogP contribution is 2.31. The quantitative estimate of drug-likeness (QED) is 0.587. The lowest BCUT2D eigenvalue weighted by Crippen LogP contribution is -1.94. The molecular weight excluding hydrogens is 290 g/mol. The van der Waals surface area contributed by atoms with Gasteiger partial charge in [-0.25, -0.2) is 4.98 Å². The van der Waals surface area contributed by atoms with Gasteiger partial charge in [0.25, 0.3) is 0 Å². The number of thiazole rings is 1. The Kier molecular flexibility index (Phi) is 2.98. The highest BCUT2D eigenvalue weighted by Gasteiger charge is 2.12. The zero-order valence-corrected chi connectivity index (χ0v) is 13.0. The van der Waals surface area contributed by atoms with E-state index < -0.39 is 0 Å². The Balaban J connectivity index is 1.79. The van der Waals surface area contributed by atoms with Crippen molar-refractivity contribution in [3.05, 3.63) is 65.7 Å². The number of anilines is 1.